The molecule has 7 nitrogen and oxygen atoms in total. The summed E-state index contributed by atoms with van der Waals surface area (Å²) in [7, 11) is 3.93. The fourth-order valence-corrected chi connectivity index (χ4v) is 3.57. The first kappa shape index (κ1) is 16.7. The molecule has 1 aliphatic heterocycles. The summed E-state index contributed by atoms with van der Waals surface area (Å²) in [6, 6.07) is 6.05. The minimum absolute atomic E-state index is 0.00324. The number of rotatable bonds is 4. The van der Waals surface area contributed by atoms with E-state index in [0.717, 1.165) is 40.5 Å². The second-order valence-corrected chi connectivity index (χ2v) is 7.28. The largest absolute Gasteiger partial charge is 0.419 e. The van der Waals surface area contributed by atoms with E-state index in [9.17, 15) is 0 Å². The van der Waals surface area contributed by atoms with Crippen molar-refractivity contribution >= 4 is 26.8 Å². The Hall–Kier alpha value is -1.77. The molecule has 1 atom stereocenters. The van der Waals surface area contributed by atoms with Gasteiger partial charge in [0, 0.05) is 17.6 Å². The maximum atomic E-state index is 5.87. The molecular weight excluding hydrogens is 386 g/mol. The maximum absolute atomic E-state index is 5.87. The molecule has 1 fully saturated rings. The second-order valence-electron chi connectivity index (χ2n) is 6.53. The van der Waals surface area contributed by atoms with Crippen molar-refractivity contribution in [3.8, 4) is 11.5 Å². The SMILES string of the molecule is CN(C)Cc1nnc(-c2ccc3c(c2)c(Br)nn3C2CCCCO2)o1. The topological polar surface area (TPSA) is 69.2 Å². The Kier molecular flexibility index (Phi) is 4.58. The van der Waals surface area contributed by atoms with E-state index in [4.69, 9.17) is 9.15 Å². The van der Waals surface area contributed by atoms with Crippen molar-refractivity contribution in [2.75, 3.05) is 20.7 Å². The quantitative estimate of drug-likeness (QED) is 0.660. The smallest absolute Gasteiger partial charge is 0.247 e. The van der Waals surface area contributed by atoms with Gasteiger partial charge in [-0.05, 0) is 67.5 Å². The first-order valence-electron chi connectivity index (χ1n) is 8.38. The fraction of sp³-hybridized carbons (Fsp3) is 0.471. The van der Waals surface area contributed by atoms with E-state index in [-0.39, 0.29) is 6.23 Å². The maximum Gasteiger partial charge on any atom is 0.247 e. The summed E-state index contributed by atoms with van der Waals surface area (Å²) >= 11 is 3.57. The molecule has 3 aromatic rings. The highest BCUT2D eigenvalue weighted by molar-refractivity contribution is 9.10. The first-order valence-corrected chi connectivity index (χ1v) is 9.18. The van der Waals surface area contributed by atoms with Gasteiger partial charge in [-0.1, -0.05) is 0 Å². The molecule has 3 heterocycles. The number of nitrogens with zero attached hydrogens (tertiary/aromatic N) is 5. The minimum Gasteiger partial charge on any atom is -0.419 e. The predicted molar refractivity (Wildman–Crippen MR) is 97.0 cm³/mol. The Morgan fingerprint density at radius 3 is 2.92 bits per heavy atom. The van der Waals surface area contributed by atoms with Crippen LogP contribution in [0.5, 0.6) is 0 Å². The van der Waals surface area contributed by atoms with E-state index in [2.05, 4.69) is 31.2 Å². The molecule has 8 heteroatoms. The number of aromatic nitrogens is 4. The predicted octanol–water partition coefficient (Wildman–Crippen LogP) is 3.61. The lowest BCUT2D eigenvalue weighted by Gasteiger charge is -2.23. The molecule has 1 unspecified atom stereocenters. The molecule has 25 heavy (non-hydrogen) atoms. The van der Waals surface area contributed by atoms with E-state index < -0.39 is 0 Å². The number of hydrogen-bond donors (Lipinski definition) is 0. The minimum atomic E-state index is 0.00324. The lowest BCUT2D eigenvalue weighted by atomic mass is 10.1. The third-order valence-electron chi connectivity index (χ3n) is 4.25. The lowest BCUT2D eigenvalue weighted by molar-refractivity contribution is -0.0368. The van der Waals surface area contributed by atoms with Crippen molar-refractivity contribution in [1.82, 2.24) is 24.9 Å². The Bertz CT molecular complexity index is 882. The average Bonchev–Trinajstić information content (AvgIpc) is 3.20. The van der Waals surface area contributed by atoms with E-state index in [0.29, 0.717) is 18.3 Å². The lowest BCUT2D eigenvalue weighted by Crippen LogP contribution is -2.19. The van der Waals surface area contributed by atoms with Gasteiger partial charge in [0.25, 0.3) is 0 Å². The van der Waals surface area contributed by atoms with E-state index >= 15 is 0 Å². The van der Waals surface area contributed by atoms with Gasteiger partial charge in [0.15, 0.2) is 6.23 Å². The van der Waals surface area contributed by atoms with Crippen LogP contribution < -0.4 is 0 Å². The average molecular weight is 406 g/mol. The van der Waals surface area contributed by atoms with Crippen LogP contribution in [0.1, 0.15) is 31.4 Å². The van der Waals surface area contributed by atoms with Crippen LogP contribution in [0, 0.1) is 0 Å². The zero-order chi connectivity index (χ0) is 17.4. The number of benzene rings is 1. The summed E-state index contributed by atoms with van der Waals surface area (Å²) in [6.45, 7) is 1.41. The third-order valence-corrected chi connectivity index (χ3v) is 4.84. The number of fused-ring (bicyclic) bond motifs is 1. The fourth-order valence-electron chi connectivity index (χ4n) is 3.08. The highest BCUT2D eigenvalue weighted by Gasteiger charge is 2.21. The molecule has 4 rings (SSSR count). The standard InChI is InChI=1S/C17H20BrN5O2/c1-22(2)10-14-19-20-17(25-14)11-6-7-13-12(9-11)16(18)21-23(13)15-5-3-4-8-24-15/h6-7,9,15H,3-5,8,10H2,1-2H3. The normalized spacial score (nSPS) is 18.3. The van der Waals surface area contributed by atoms with Gasteiger partial charge < -0.3 is 14.1 Å². The van der Waals surface area contributed by atoms with Crippen LogP contribution in [-0.2, 0) is 11.3 Å². The Morgan fingerprint density at radius 1 is 1.28 bits per heavy atom. The molecule has 0 aliphatic carbocycles. The van der Waals surface area contributed by atoms with Crippen LogP contribution in [0.2, 0.25) is 0 Å². The van der Waals surface area contributed by atoms with Gasteiger partial charge in [0.1, 0.15) is 4.60 Å². The van der Waals surface area contributed by atoms with Gasteiger partial charge in [0.05, 0.1) is 12.1 Å². The zero-order valence-corrected chi connectivity index (χ0v) is 15.9. The molecule has 1 saturated heterocycles. The summed E-state index contributed by atoms with van der Waals surface area (Å²) in [4.78, 5) is 1.99. The molecule has 0 amide bonds. The summed E-state index contributed by atoms with van der Waals surface area (Å²) < 4.78 is 14.4. The van der Waals surface area contributed by atoms with Crippen LogP contribution in [0.15, 0.2) is 27.2 Å². The monoisotopic (exact) mass is 405 g/mol. The third kappa shape index (κ3) is 3.33. The van der Waals surface area contributed by atoms with Crippen molar-refractivity contribution < 1.29 is 9.15 Å². The van der Waals surface area contributed by atoms with Gasteiger partial charge in [-0.2, -0.15) is 5.10 Å². The highest BCUT2D eigenvalue weighted by atomic mass is 79.9. The highest BCUT2D eigenvalue weighted by Crippen LogP contribution is 2.32. The van der Waals surface area contributed by atoms with Gasteiger partial charge >= 0.3 is 0 Å². The van der Waals surface area contributed by atoms with Crippen molar-refractivity contribution in [3.63, 3.8) is 0 Å². The summed E-state index contributed by atoms with van der Waals surface area (Å²) in [6.07, 6.45) is 3.28. The first-order chi connectivity index (χ1) is 12.1. The van der Waals surface area contributed by atoms with Crippen molar-refractivity contribution in [3.05, 3.63) is 28.7 Å². The van der Waals surface area contributed by atoms with Crippen LogP contribution in [0.4, 0.5) is 0 Å². The van der Waals surface area contributed by atoms with Crippen LogP contribution >= 0.6 is 15.9 Å². The second kappa shape index (κ2) is 6.86. The van der Waals surface area contributed by atoms with Gasteiger partial charge in [0.2, 0.25) is 11.8 Å². The van der Waals surface area contributed by atoms with E-state index in [1.54, 1.807) is 0 Å². The molecule has 0 radical (unpaired) electrons. The van der Waals surface area contributed by atoms with Crippen LogP contribution in [0.25, 0.3) is 22.4 Å². The van der Waals surface area contributed by atoms with Crippen molar-refractivity contribution in [2.24, 2.45) is 0 Å². The number of halogens is 1. The van der Waals surface area contributed by atoms with Crippen molar-refractivity contribution in [2.45, 2.75) is 32.0 Å². The van der Waals surface area contributed by atoms with E-state index in [1.807, 2.05) is 41.9 Å². The van der Waals surface area contributed by atoms with Crippen LogP contribution in [-0.4, -0.2) is 45.6 Å². The summed E-state index contributed by atoms with van der Waals surface area (Å²) in [5.74, 6) is 1.12. The molecule has 0 spiro atoms. The number of hydrogen-bond acceptors (Lipinski definition) is 6. The summed E-state index contributed by atoms with van der Waals surface area (Å²) in [5.41, 5.74) is 1.92. The van der Waals surface area contributed by atoms with E-state index in [1.165, 1.54) is 6.42 Å². The molecule has 0 saturated carbocycles. The van der Waals surface area contributed by atoms with Crippen LogP contribution in [0.3, 0.4) is 0 Å². The Morgan fingerprint density at radius 2 is 2.16 bits per heavy atom. The zero-order valence-electron chi connectivity index (χ0n) is 14.3. The molecule has 1 aromatic carbocycles. The molecule has 1 aliphatic rings. The molecular formula is C17H20BrN5O2. The molecule has 132 valence electrons. The van der Waals surface area contributed by atoms with Gasteiger partial charge in [-0.3, -0.25) is 0 Å². The summed E-state index contributed by atoms with van der Waals surface area (Å²) in [5, 5.41) is 13.9. The molecule has 0 bridgehead atoms. The molecule has 0 N–H and O–H groups in total. The Balaban J connectivity index is 1.68. The number of ether oxygens (including phenoxy) is 1. The molecule has 2 aromatic heterocycles. The van der Waals surface area contributed by atoms with Gasteiger partial charge in [-0.25, -0.2) is 4.68 Å². The van der Waals surface area contributed by atoms with Crippen molar-refractivity contribution in [1.29, 1.82) is 0 Å². The Labute approximate surface area is 154 Å². The van der Waals surface area contributed by atoms with Gasteiger partial charge in [-0.15, -0.1) is 10.2 Å².